The van der Waals surface area contributed by atoms with Crippen LogP contribution in [0.4, 0.5) is 0 Å². The molecule has 0 amide bonds. The van der Waals surface area contributed by atoms with Crippen LogP contribution >= 0.6 is 37.9 Å². The first-order valence-electron chi connectivity index (χ1n) is 16.6. The second-order valence-corrected chi connectivity index (χ2v) is 12.9. The fourth-order valence-electron chi connectivity index (χ4n) is 4.84. The highest BCUT2D eigenvalue weighted by Gasteiger charge is 2.41. The summed E-state index contributed by atoms with van der Waals surface area (Å²) >= 11 is 12.1. The van der Waals surface area contributed by atoms with Crippen molar-refractivity contribution in [3.05, 3.63) is 10.1 Å². The smallest absolute Gasteiger partial charge is 0.222 e. The van der Waals surface area contributed by atoms with Crippen LogP contribution in [0.3, 0.4) is 0 Å². The summed E-state index contributed by atoms with van der Waals surface area (Å²) in [6.07, 6.45) is 8.09. The molecule has 0 saturated carbocycles. The van der Waals surface area contributed by atoms with Crippen LogP contribution in [0.2, 0.25) is 0 Å². The van der Waals surface area contributed by atoms with Crippen LogP contribution in [0.25, 0.3) is 0 Å². The molecule has 12 nitrogen and oxygen atoms in total. The van der Waals surface area contributed by atoms with E-state index in [1.807, 2.05) is 0 Å². The molecule has 0 aliphatic rings. The Morgan fingerprint density at radius 3 is 1.04 bits per heavy atom. The maximum absolute atomic E-state index is 12.4. The van der Waals surface area contributed by atoms with Gasteiger partial charge in [-0.05, 0) is 57.8 Å². The summed E-state index contributed by atoms with van der Waals surface area (Å²) < 4.78 is 17.1. The predicted molar refractivity (Wildman–Crippen MR) is 192 cm³/mol. The highest BCUT2D eigenvalue weighted by molar-refractivity contribution is 7.80. The van der Waals surface area contributed by atoms with Crippen LogP contribution < -0.4 is 17.2 Å². The first kappa shape index (κ1) is 45.2. The van der Waals surface area contributed by atoms with Crippen molar-refractivity contribution in [2.75, 3.05) is 56.9 Å². The molecule has 3 atom stereocenters. The van der Waals surface area contributed by atoms with Gasteiger partial charge in [0.05, 0.1) is 18.1 Å². The van der Waals surface area contributed by atoms with E-state index in [4.69, 9.17) is 31.4 Å². The van der Waals surface area contributed by atoms with E-state index in [2.05, 4.69) is 37.9 Å². The number of unbranched alkanes of at least 4 members (excludes halogenated alkanes) is 3. The molecule has 6 N–H and O–H groups in total. The van der Waals surface area contributed by atoms with Crippen LogP contribution in [-0.4, -0.2) is 103 Å². The number of hydrogen-bond donors (Lipinski definition) is 6. The zero-order chi connectivity index (χ0) is 34.6. The van der Waals surface area contributed by atoms with Crippen molar-refractivity contribution in [1.29, 1.82) is 0 Å². The number of ketones is 3. The summed E-state index contributed by atoms with van der Waals surface area (Å²) in [4.78, 5) is 47.7. The molecule has 3 unspecified atom stereocenters. The number of nitrogens with two attached hydrogens (primary N) is 3. The minimum atomic E-state index is -1.11. The molecule has 0 aromatic heterocycles. The summed E-state index contributed by atoms with van der Waals surface area (Å²) in [5.74, 6) is 0.963. The summed E-state index contributed by atoms with van der Waals surface area (Å²) in [5.41, 5.74) is 15.9. The fraction of sp³-hybridized carbons (Fsp3) is 0.903. The van der Waals surface area contributed by atoms with E-state index in [-0.39, 0.29) is 22.3 Å². The van der Waals surface area contributed by atoms with Crippen molar-refractivity contribution in [2.24, 2.45) is 17.2 Å². The predicted octanol–water partition coefficient (Wildman–Crippen LogP) is 3.38. The van der Waals surface area contributed by atoms with E-state index in [0.29, 0.717) is 153 Å². The van der Waals surface area contributed by atoms with Crippen molar-refractivity contribution < 1.29 is 33.5 Å². The number of Topliss-reactive ketones (excluding diaryl/α,β-unsaturated/α-hetero) is 3. The Kier molecular flexibility index (Phi) is 28.7. The van der Waals surface area contributed by atoms with Gasteiger partial charge in [0.2, 0.25) is 5.54 Å². The van der Waals surface area contributed by atoms with Crippen molar-refractivity contribution in [1.82, 2.24) is 0 Å². The van der Waals surface area contributed by atoms with Crippen LogP contribution in [0, 0.1) is 10.1 Å². The Morgan fingerprint density at radius 1 is 0.543 bits per heavy atom. The van der Waals surface area contributed by atoms with Crippen molar-refractivity contribution in [3.63, 3.8) is 0 Å². The molecule has 0 bridgehead atoms. The van der Waals surface area contributed by atoms with E-state index in [0.717, 1.165) is 0 Å². The molecule has 0 aliphatic heterocycles. The third-order valence-corrected chi connectivity index (χ3v) is 9.08. The zero-order valence-electron chi connectivity index (χ0n) is 27.5. The molecule has 0 spiro atoms. The van der Waals surface area contributed by atoms with Crippen LogP contribution in [0.5, 0.6) is 0 Å². The van der Waals surface area contributed by atoms with Crippen LogP contribution in [0.1, 0.15) is 96.3 Å². The van der Waals surface area contributed by atoms with E-state index in [9.17, 15) is 24.5 Å². The number of carbonyl (C=O) groups excluding carboxylic acids is 3. The Balaban J connectivity index is 4.65. The minimum absolute atomic E-state index is 0.00751. The molecule has 46 heavy (non-hydrogen) atoms. The molecule has 270 valence electrons. The van der Waals surface area contributed by atoms with Gasteiger partial charge in [-0.3, -0.25) is 24.5 Å². The van der Waals surface area contributed by atoms with E-state index < -0.39 is 23.7 Å². The lowest BCUT2D eigenvalue weighted by atomic mass is 9.84. The van der Waals surface area contributed by atoms with Crippen molar-refractivity contribution in [2.45, 2.75) is 120 Å². The topological polar surface area (TPSA) is 200 Å². The van der Waals surface area contributed by atoms with Gasteiger partial charge in [0.15, 0.2) is 0 Å². The number of thiol groups is 3. The van der Waals surface area contributed by atoms with Gasteiger partial charge in [-0.2, -0.15) is 37.9 Å². The maximum Gasteiger partial charge on any atom is 0.222 e. The largest absolute Gasteiger partial charge is 0.381 e. The average Bonchev–Trinajstić information content (AvgIpc) is 3.05. The Labute approximate surface area is 292 Å². The monoisotopic (exact) mass is 712 g/mol. The minimum Gasteiger partial charge on any atom is -0.381 e. The summed E-state index contributed by atoms with van der Waals surface area (Å²) in [7, 11) is 0. The van der Waals surface area contributed by atoms with Crippen LogP contribution in [0.15, 0.2) is 0 Å². The molecule has 0 radical (unpaired) electrons. The zero-order valence-corrected chi connectivity index (χ0v) is 30.2. The number of nitro groups is 1. The lowest BCUT2D eigenvalue weighted by Crippen LogP contribution is -2.39. The normalized spacial score (nSPS) is 14.8. The standard InChI is InChI=1S/C31H60N4O8S3/c32-25(22-44)28(36)10-1-4-16-41-19-7-13-31(35(39)40,14-8-20-42-17-5-2-11-29(37)26(33)23-45)15-9-21-43-18-6-3-12-30(38)27(34)24-46/h25-27,44-46H,1-24,32-34H2. The van der Waals surface area contributed by atoms with E-state index in [1.165, 1.54) is 0 Å². The summed E-state index contributed by atoms with van der Waals surface area (Å²) in [6.45, 7) is 2.65. The number of hydrogen-bond acceptors (Lipinski definition) is 14. The summed E-state index contributed by atoms with van der Waals surface area (Å²) in [5, 5.41) is 12.4. The van der Waals surface area contributed by atoms with Gasteiger partial charge in [-0.25, -0.2) is 0 Å². The Morgan fingerprint density at radius 2 is 0.804 bits per heavy atom. The SMILES string of the molecule is NC(CS)C(=O)CCCCOCCCC(CCCOCCCCC(=O)C(N)CS)(CCCOCCCCC(=O)C(N)CS)[N+](=O)[O-]. The highest BCUT2D eigenvalue weighted by Crippen LogP contribution is 2.29. The molecule has 15 heteroatoms. The quantitative estimate of drug-likeness (QED) is 0.0247. The van der Waals surface area contributed by atoms with E-state index >= 15 is 0 Å². The Bertz CT molecular complexity index is 751. The van der Waals surface area contributed by atoms with Crippen LogP contribution in [-0.2, 0) is 28.6 Å². The van der Waals surface area contributed by atoms with E-state index in [1.54, 1.807) is 0 Å². The molecule has 0 aliphatic carbocycles. The molecular formula is C31H60N4O8S3. The van der Waals surface area contributed by atoms with Gasteiger partial charge in [0.25, 0.3) is 0 Å². The lowest BCUT2D eigenvalue weighted by molar-refractivity contribution is -0.574. The molecular weight excluding hydrogens is 653 g/mol. The van der Waals surface area contributed by atoms with Gasteiger partial charge in [-0.1, -0.05) is 0 Å². The van der Waals surface area contributed by atoms with Gasteiger partial charge < -0.3 is 31.4 Å². The number of nitrogens with zero attached hydrogens (tertiary/aromatic N) is 1. The molecule has 0 fully saturated rings. The number of ether oxygens (including phenoxy) is 3. The van der Waals surface area contributed by atoms with Crippen molar-refractivity contribution >= 4 is 55.2 Å². The number of carbonyl (C=O) groups is 3. The van der Waals surface area contributed by atoms with Gasteiger partial charge in [-0.15, -0.1) is 0 Å². The fourth-order valence-corrected chi connectivity index (χ4v) is 5.45. The molecule has 0 aromatic carbocycles. The molecule has 0 heterocycles. The molecule has 0 saturated heterocycles. The Hall–Kier alpha value is -0.780. The third-order valence-electron chi connectivity index (χ3n) is 7.90. The first-order chi connectivity index (χ1) is 22.0. The molecule has 0 aromatic rings. The lowest BCUT2D eigenvalue weighted by Gasteiger charge is -2.26. The first-order valence-corrected chi connectivity index (χ1v) is 18.5. The number of rotatable bonds is 34. The molecule has 0 rings (SSSR count). The van der Waals surface area contributed by atoms with Crippen molar-refractivity contribution in [3.8, 4) is 0 Å². The second kappa shape index (κ2) is 29.2. The third kappa shape index (κ3) is 22.0. The second-order valence-electron chi connectivity index (χ2n) is 11.8. The maximum atomic E-state index is 12.4. The van der Waals surface area contributed by atoms with Gasteiger partial charge in [0.1, 0.15) is 17.3 Å². The summed E-state index contributed by atoms with van der Waals surface area (Å²) in [6, 6.07) is -1.61. The van der Waals surface area contributed by atoms with Gasteiger partial charge in [0, 0.05) is 100 Å². The van der Waals surface area contributed by atoms with Gasteiger partial charge >= 0.3 is 0 Å². The average molecular weight is 713 g/mol. The highest BCUT2D eigenvalue weighted by atomic mass is 32.1.